The number of hydrogen-bond acceptors (Lipinski definition) is 1. The first-order chi connectivity index (χ1) is 9.15. The van der Waals surface area contributed by atoms with Crippen LogP contribution < -0.4 is 0 Å². The minimum absolute atomic E-state index is 0.199. The van der Waals surface area contributed by atoms with Gasteiger partial charge in [0.15, 0.2) is 0 Å². The van der Waals surface area contributed by atoms with Crippen molar-refractivity contribution in [2.24, 2.45) is 0 Å². The number of hydrogen-bond donors (Lipinski definition) is 1. The average Bonchev–Trinajstić information content (AvgIpc) is 3.24. The Morgan fingerprint density at radius 3 is 2.26 bits per heavy atom. The third-order valence-electron chi connectivity index (χ3n) is 3.94. The molecule has 2 aromatic rings. The Hall–Kier alpha value is -1.02. The van der Waals surface area contributed by atoms with Crippen molar-refractivity contribution in [3.05, 3.63) is 69.7 Å². The van der Waals surface area contributed by atoms with Gasteiger partial charge in [-0.15, -0.1) is 0 Å². The molecule has 0 bridgehead atoms. The summed E-state index contributed by atoms with van der Waals surface area (Å²) in [5.74, 6) is 0. The van der Waals surface area contributed by atoms with Gasteiger partial charge < -0.3 is 5.11 Å². The molecule has 19 heavy (non-hydrogen) atoms. The van der Waals surface area contributed by atoms with Crippen LogP contribution in [0.15, 0.2) is 48.5 Å². The summed E-state index contributed by atoms with van der Waals surface area (Å²) in [6.45, 7) is 0. The Kier molecular flexibility index (Phi) is 3.30. The lowest BCUT2D eigenvalue weighted by Gasteiger charge is -2.24. The lowest BCUT2D eigenvalue weighted by Crippen LogP contribution is -2.18. The number of aliphatic hydroxyl groups excluding tert-OH is 1. The highest BCUT2D eigenvalue weighted by molar-refractivity contribution is 6.42. The normalized spacial score (nSPS) is 18.1. The summed E-state index contributed by atoms with van der Waals surface area (Å²) in [6.07, 6.45) is 1.34. The van der Waals surface area contributed by atoms with Crippen molar-refractivity contribution in [2.45, 2.75) is 24.4 Å². The average molecular weight is 293 g/mol. The molecule has 0 aliphatic heterocycles. The first-order valence-corrected chi connectivity index (χ1v) is 7.08. The molecule has 1 aliphatic carbocycles. The zero-order valence-corrected chi connectivity index (χ0v) is 11.8. The maximum atomic E-state index is 10.7. The Labute approximate surface area is 122 Å². The first kappa shape index (κ1) is 13.0. The van der Waals surface area contributed by atoms with Crippen LogP contribution in [0.3, 0.4) is 0 Å². The molecule has 2 aromatic carbocycles. The third-order valence-corrected chi connectivity index (χ3v) is 4.77. The van der Waals surface area contributed by atoms with E-state index in [-0.39, 0.29) is 5.41 Å². The molecule has 0 spiro atoms. The van der Waals surface area contributed by atoms with E-state index in [1.807, 2.05) is 30.3 Å². The first-order valence-electron chi connectivity index (χ1n) is 6.33. The molecule has 1 nitrogen and oxygen atoms in total. The Balaban J connectivity index is 2.01. The second-order valence-corrected chi connectivity index (χ2v) is 5.85. The standard InChI is InChI=1S/C16H14Cl2O/c17-13-8-4-7-12(14(13)18)15(19)16(9-10-16)11-5-2-1-3-6-11/h1-8,15,19H,9-10H2. The van der Waals surface area contributed by atoms with Gasteiger partial charge in [-0.05, 0) is 24.5 Å². The van der Waals surface area contributed by atoms with Crippen LogP contribution in [0.2, 0.25) is 10.0 Å². The minimum Gasteiger partial charge on any atom is -0.387 e. The summed E-state index contributed by atoms with van der Waals surface area (Å²) < 4.78 is 0. The highest BCUT2D eigenvalue weighted by atomic mass is 35.5. The van der Waals surface area contributed by atoms with Crippen molar-refractivity contribution >= 4 is 23.2 Å². The molecule has 1 saturated carbocycles. The van der Waals surface area contributed by atoms with E-state index in [1.165, 1.54) is 5.56 Å². The van der Waals surface area contributed by atoms with Gasteiger partial charge in [0, 0.05) is 11.0 Å². The lowest BCUT2D eigenvalue weighted by molar-refractivity contribution is 0.133. The Morgan fingerprint density at radius 2 is 1.63 bits per heavy atom. The molecule has 98 valence electrons. The minimum atomic E-state index is -0.610. The van der Waals surface area contributed by atoms with Gasteiger partial charge in [0.1, 0.15) is 0 Å². The zero-order chi connectivity index (χ0) is 13.5. The maximum absolute atomic E-state index is 10.7. The van der Waals surface area contributed by atoms with Crippen molar-refractivity contribution in [2.75, 3.05) is 0 Å². The second kappa shape index (κ2) is 4.82. The highest BCUT2D eigenvalue weighted by Gasteiger charge is 2.51. The van der Waals surface area contributed by atoms with Gasteiger partial charge in [-0.3, -0.25) is 0 Å². The molecular formula is C16H14Cl2O. The molecule has 1 atom stereocenters. The van der Waals surface area contributed by atoms with Gasteiger partial charge in [0.05, 0.1) is 16.1 Å². The molecule has 0 radical (unpaired) electrons. The van der Waals surface area contributed by atoms with Gasteiger partial charge in [-0.2, -0.15) is 0 Å². The monoisotopic (exact) mass is 292 g/mol. The fourth-order valence-electron chi connectivity index (χ4n) is 2.65. The van der Waals surface area contributed by atoms with E-state index in [0.717, 1.165) is 18.4 Å². The third kappa shape index (κ3) is 2.16. The Morgan fingerprint density at radius 1 is 0.947 bits per heavy atom. The maximum Gasteiger partial charge on any atom is 0.0901 e. The second-order valence-electron chi connectivity index (χ2n) is 5.07. The predicted octanol–water partition coefficient (Wildman–Crippen LogP) is 4.76. The summed E-state index contributed by atoms with van der Waals surface area (Å²) >= 11 is 12.2. The molecule has 0 saturated heterocycles. The number of benzene rings is 2. The summed E-state index contributed by atoms with van der Waals surface area (Å²) in [5.41, 5.74) is 1.68. The van der Waals surface area contributed by atoms with Gasteiger partial charge in [-0.1, -0.05) is 65.7 Å². The van der Waals surface area contributed by atoms with E-state index in [1.54, 1.807) is 6.07 Å². The van der Waals surface area contributed by atoms with Crippen LogP contribution in [0.1, 0.15) is 30.1 Å². The van der Waals surface area contributed by atoms with Crippen LogP contribution in [-0.2, 0) is 5.41 Å². The fourth-order valence-corrected chi connectivity index (χ4v) is 3.07. The lowest BCUT2D eigenvalue weighted by atomic mass is 9.86. The summed E-state index contributed by atoms with van der Waals surface area (Å²) in [7, 11) is 0. The molecular weight excluding hydrogens is 279 g/mol. The number of halogens is 2. The molecule has 3 rings (SSSR count). The SMILES string of the molecule is OC(c1cccc(Cl)c1Cl)C1(c2ccccc2)CC1. The quantitative estimate of drug-likeness (QED) is 0.865. The van der Waals surface area contributed by atoms with Crippen LogP contribution in [-0.4, -0.2) is 5.11 Å². The summed E-state index contributed by atoms with van der Waals surface area (Å²) in [4.78, 5) is 0. The molecule has 1 unspecified atom stereocenters. The van der Waals surface area contributed by atoms with Crippen LogP contribution in [0.5, 0.6) is 0 Å². The van der Waals surface area contributed by atoms with Crippen LogP contribution >= 0.6 is 23.2 Å². The van der Waals surface area contributed by atoms with Crippen molar-refractivity contribution in [1.82, 2.24) is 0 Å². The number of aliphatic hydroxyl groups is 1. The van der Waals surface area contributed by atoms with E-state index in [9.17, 15) is 5.11 Å². The predicted molar refractivity (Wildman–Crippen MR) is 78.8 cm³/mol. The van der Waals surface area contributed by atoms with Gasteiger partial charge >= 0.3 is 0 Å². The van der Waals surface area contributed by atoms with E-state index in [4.69, 9.17) is 23.2 Å². The molecule has 0 heterocycles. The van der Waals surface area contributed by atoms with Crippen molar-refractivity contribution in [3.63, 3.8) is 0 Å². The van der Waals surface area contributed by atoms with Crippen molar-refractivity contribution < 1.29 is 5.11 Å². The van der Waals surface area contributed by atoms with Crippen LogP contribution in [0, 0.1) is 0 Å². The van der Waals surface area contributed by atoms with Crippen LogP contribution in [0.4, 0.5) is 0 Å². The number of rotatable bonds is 3. The zero-order valence-electron chi connectivity index (χ0n) is 10.3. The Bertz CT molecular complexity index is 591. The summed E-state index contributed by atoms with van der Waals surface area (Å²) in [5, 5.41) is 11.7. The highest BCUT2D eigenvalue weighted by Crippen LogP contribution is 2.57. The van der Waals surface area contributed by atoms with Crippen molar-refractivity contribution in [1.29, 1.82) is 0 Å². The van der Waals surface area contributed by atoms with E-state index in [2.05, 4.69) is 12.1 Å². The largest absolute Gasteiger partial charge is 0.387 e. The molecule has 0 aromatic heterocycles. The summed E-state index contributed by atoms with van der Waals surface area (Å²) in [6, 6.07) is 15.5. The molecule has 1 N–H and O–H groups in total. The smallest absolute Gasteiger partial charge is 0.0901 e. The van der Waals surface area contributed by atoms with Gasteiger partial charge in [-0.25, -0.2) is 0 Å². The van der Waals surface area contributed by atoms with E-state index in [0.29, 0.717) is 10.0 Å². The molecule has 1 aliphatic rings. The van der Waals surface area contributed by atoms with E-state index < -0.39 is 6.10 Å². The van der Waals surface area contributed by atoms with E-state index >= 15 is 0 Å². The van der Waals surface area contributed by atoms with Gasteiger partial charge in [0.2, 0.25) is 0 Å². The topological polar surface area (TPSA) is 20.2 Å². The van der Waals surface area contributed by atoms with Gasteiger partial charge in [0.25, 0.3) is 0 Å². The fraction of sp³-hybridized carbons (Fsp3) is 0.250. The molecule has 0 amide bonds. The van der Waals surface area contributed by atoms with Crippen LogP contribution in [0.25, 0.3) is 0 Å². The molecule has 3 heteroatoms. The molecule has 1 fully saturated rings. The van der Waals surface area contributed by atoms with Crippen molar-refractivity contribution in [3.8, 4) is 0 Å².